The molecule has 5 rings (SSSR count). The van der Waals surface area contributed by atoms with Crippen LogP contribution in [0.5, 0.6) is 0 Å². The number of rotatable bonds is 4. The van der Waals surface area contributed by atoms with Crippen LogP contribution in [0.4, 0.5) is 10.5 Å². The summed E-state index contributed by atoms with van der Waals surface area (Å²) < 4.78 is 38.0. The number of aromatic nitrogens is 2. The summed E-state index contributed by atoms with van der Waals surface area (Å²) in [7, 11) is -3.45. The highest BCUT2D eigenvalue weighted by atomic mass is 32.2. The lowest BCUT2D eigenvalue weighted by Crippen LogP contribution is -2.61. The van der Waals surface area contributed by atoms with Gasteiger partial charge in [-0.2, -0.15) is 0 Å². The van der Waals surface area contributed by atoms with Gasteiger partial charge < -0.3 is 19.2 Å². The molecule has 2 fully saturated rings. The van der Waals surface area contributed by atoms with Crippen LogP contribution in [0.3, 0.4) is 0 Å². The average Bonchev–Trinajstić information content (AvgIpc) is 3.34. The molecule has 11 heteroatoms. The molecule has 0 bridgehead atoms. The molecule has 3 aromatic rings. The molecule has 0 aliphatic carbocycles. The second-order valence-electron chi connectivity index (χ2n) is 8.46. The maximum Gasteiger partial charge on any atom is 0.322 e. The molecule has 170 valence electrons. The Labute approximate surface area is 185 Å². The minimum absolute atomic E-state index is 0.179. The van der Waals surface area contributed by atoms with E-state index in [1.165, 1.54) is 4.90 Å². The lowest BCUT2D eigenvalue weighted by molar-refractivity contribution is 0.179. The number of hydrogen-bond acceptors (Lipinski definition) is 7. The number of urea groups is 1. The second-order valence-corrected chi connectivity index (χ2v) is 10.7. The molecule has 0 unspecified atom stereocenters. The van der Waals surface area contributed by atoms with Crippen LogP contribution >= 0.6 is 0 Å². The van der Waals surface area contributed by atoms with E-state index in [-0.39, 0.29) is 25.0 Å². The first-order valence-corrected chi connectivity index (χ1v) is 12.1. The van der Waals surface area contributed by atoms with E-state index in [9.17, 15) is 13.2 Å². The quantitative estimate of drug-likeness (QED) is 0.636. The number of pyridine rings is 1. The summed E-state index contributed by atoms with van der Waals surface area (Å²) >= 11 is 0. The van der Waals surface area contributed by atoms with Gasteiger partial charge in [-0.15, -0.1) is 0 Å². The smallest absolute Gasteiger partial charge is 0.322 e. The molecule has 5 heterocycles. The first-order chi connectivity index (χ1) is 15.3. The number of anilines is 1. The first kappa shape index (κ1) is 21.0. The molecule has 0 radical (unpaired) electrons. The average molecular weight is 460 g/mol. The zero-order valence-electron chi connectivity index (χ0n) is 17.9. The predicted molar refractivity (Wildman–Crippen MR) is 117 cm³/mol. The number of sulfonamides is 1. The van der Waals surface area contributed by atoms with Crippen molar-refractivity contribution in [1.82, 2.24) is 19.3 Å². The molecule has 2 saturated heterocycles. The van der Waals surface area contributed by atoms with Crippen molar-refractivity contribution in [3.63, 3.8) is 0 Å². The molecule has 0 saturated carbocycles. The Morgan fingerprint density at radius 3 is 2.66 bits per heavy atom. The summed E-state index contributed by atoms with van der Waals surface area (Å²) in [6.45, 7) is 4.75. The van der Waals surface area contributed by atoms with Gasteiger partial charge in [0, 0.05) is 37.8 Å². The summed E-state index contributed by atoms with van der Waals surface area (Å²) in [4.78, 5) is 18.3. The van der Waals surface area contributed by atoms with Gasteiger partial charge in [-0.1, -0.05) is 5.16 Å². The Kier molecular flexibility index (Phi) is 5.17. The number of piperidine rings is 1. The summed E-state index contributed by atoms with van der Waals surface area (Å²) in [5, 5.41) is 6.95. The van der Waals surface area contributed by atoms with Crippen LogP contribution in [0.15, 0.2) is 33.5 Å². The van der Waals surface area contributed by atoms with Gasteiger partial charge in [0.2, 0.25) is 15.7 Å². The third kappa shape index (κ3) is 3.65. The fraction of sp³-hybridized carbons (Fsp3) is 0.476. The lowest BCUT2D eigenvalue weighted by Gasteiger charge is -2.42. The van der Waals surface area contributed by atoms with Crippen LogP contribution in [-0.2, 0) is 10.0 Å². The fourth-order valence-corrected chi connectivity index (χ4v) is 6.27. The molecule has 10 nitrogen and oxygen atoms in total. The largest absolute Gasteiger partial charge is 0.446 e. The molecule has 32 heavy (non-hydrogen) atoms. The molecule has 0 aromatic carbocycles. The molecule has 2 aliphatic heterocycles. The molecule has 3 aromatic heterocycles. The lowest BCUT2D eigenvalue weighted by atomic mass is 9.91. The molecule has 2 amide bonds. The number of nitrogens with zero attached hydrogens (tertiary/aromatic N) is 4. The van der Waals surface area contributed by atoms with Gasteiger partial charge in [-0.05, 0) is 50.3 Å². The summed E-state index contributed by atoms with van der Waals surface area (Å²) in [5.74, 6) is 0.789. The highest BCUT2D eigenvalue weighted by molar-refractivity contribution is 7.89. The van der Waals surface area contributed by atoms with E-state index in [1.54, 1.807) is 24.4 Å². The van der Waals surface area contributed by atoms with Crippen molar-refractivity contribution >= 4 is 32.8 Å². The molecule has 0 spiro atoms. The highest BCUT2D eigenvalue weighted by Crippen LogP contribution is 2.32. The van der Waals surface area contributed by atoms with Crippen LogP contribution in [0, 0.1) is 13.8 Å². The Morgan fingerprint density at radius 2 is 1.97 bits per heavy atom. The van der Waals surface area contributed by atoms with E-state index in [1.807, 2.05) is 12.3 Å². The SMILES string of the molecule is Cc1noc(C)c1NC(=O)N1CC(S(=O)(=O)N2CCC(c3cnc4occc4c3)CC2)C1. The Morgan fingerprint density at radius 1 is 1.22 bits per heavy atom. The molecular formula is C21H25N5O5S. The summed E-state index contributed by atoms with van der Waals surface area (Å²) in [6, 6.07) is 3.61. The number of carbonyl (C=O) groups is 1. The maximum absolute atomic E-state index is 13.1. The van der Waals surface area contributed by atoms with Crippen molar-refractivity contribution < 1.29 is 22.2 Å². The third-order valence-corrected chi connectivity index (χ3v) is 8.66. The number of fused-ring (bicyclic) bond motifs is 1. The normalized spacial score (nSPS) is 18.8. The number of aryl methyl sites for hydroxylation is 2. The minimum Gasteiger partial charge on any atom is -0.446 e. The maximum atomic E-state index is 13.1. The molecule has 1 N–H and O–H groups in total. The van der Waals surface area contributed by atoms with Crippen molar-refractivity contribution in [2.24, 2.45) is 0 Å². The summed E-state index contributed by atoms with van der Waals surface area (Å²) in [6.07, 6.45) is 4.93. The summed E-state index contributed by atoms with van der Waals surface area (Å²) in [5.41, 5.74) is 2.85. The zero-order chi connectivity index (χ0) is 22.5. The van der Waals surface area contributed by atoms with Gasteiger partial charge in [0.05, 0.1) is 6.26 Å². The molecule has 2 aliphatic rings. The van der Waals surface area contributed by atoms with E-state index in [0.29, 0.717) is 35.9 Å². The van der Waals surface area contributed by atoms with Crippen LogP contribution in [0.2, 0.25) is 0 Å². The van der Waals surface area contributed by atoms with Gasteiger partial charge in [0.1, 0.15) is 16.6 Å². The van der Waals surface area contributed by atoms with Gasteiger partial charge in [0.25, 0.3) is 0 Å². The number of likely N-dealkylation sites (tertiary alicyclic amines) is 1. The topological polar surface area (TPSA) is 122 Å². The van der Waals surface area contributed by atoms with E-state index >= 15 is 0 Å². The van der Waals surface area contributed by atoms with Gasteiger partial charge >= 0.3 is 6.03 Å². The predicted octanol–water partition coefficient (Wildman–Crippen LogP) is 2.86. The van der Waals surface area contributed by atoms with Crippen molar-refractivity contribution in [3.8, 4) is 0 Å². The van der Waals surface area contributed by atoms with Crippen LogP contribution in [0.1, 0.15) is 35.8 Å². The van der Waals surface area contributed by atoms with E-state index in [0.717, 1.165) is 23.8 Å². The Balaban J connectivity index is 1.16. The van der Waals surface area contributed by atoms with Crippen molar-refractivity contribution in [2.45, 2.75) is 37.9 Å². The van der Waals surface area contributed by atoms with Crippen LogP contribution in [0.25, 0.3) is 11.1 Å². The van der Waals surface area contributed by atoms with Crippen LogP contribution in [-0.4, -0.2) is 65.2 Å². The molecule has 0 atom stereocenters. The number of carbonyl (C=O) groups excluding carboxylic acids is 1. The third-order valence-electron chi connectivity index (χ3n) is 6.43. The number of amides is 2. The van der Waals surface area contributed by atoms with Crippen LogP contribution < -0.4 is 5.32 Å². The second kappa shape index (κ2) is 7.89. The van der Waals surface area contributed by atoms with Gasteiger partial charge in [-0.25, -0.2) is 22.5 Å². The highest BCUT2D eigenvalue weighted by Gasteiger charge is 2.44. The van der Waals surface area contributed by atoms with E-state index in [2.05, 4.69) is 21.5 Å². The zero-order valence-corrected chi connectivity index (χ0v) is 18.8. The number of hydrogen-bond donors (Lipinski definition) is 1. The first-order valence-electron chi connectivity index (χ1n) is 10.6. The fourth-order valence-electron chi connectivity index (χ4n) is 4.39. The Bertz CT molecular complexity index is 1230. The van der Waals surface area contributed by atoms with E-state index < -0.39 is 15.3 Å². The standard InChI is InChI=1S/C21H25N5O5S/c1-13-19(14(2)31-24-13)23-21(27)25-11-18(12-25)32(28,29)26-6-3-15(4-7-26)17-9-16-5-8-30-20(16)22-10-17/h5,8-10,15,18H,3-4,6-7,11-12H2,1-2H3,(H,23,27). The van der Waals surface area contributed by atoms with Crippen molar-refractivity contribution in [3.05, 3.63) is 41.6 Å². The van der Waals surface area contributed by atoms with Crippen molar-refractivity contribution in [1.29, 1.82) is 0 Å². The van der Waals surface area contributed by atoms with E-state index in [4.69, 9.17) is 8.94 Å². The van der Waals surface area contributed by atoms with Crippen molar-refractivity contribution in [2.75, 3.05) is 31.5 Å². The number of furan rings is 1. The number of nitrogens with one attached hydrogen (secondary N) is 1. The Hall–Kier alpha value is -2.92. The molecular weight excluding hydrogens is 434 g/mol. The van der Waals surface area contributed by atoms with Gasteiger partial charge in [-0.3, -0.25) is 0 Å². The van der Waals surface area contributed by atoms with Gasteiger partial charge in [0.15, 0.2) is 5.76 Å². The monoisotopic (exact) mass is 459 g/mol. The minimum atomic E-state index is -3.45.